The standard InChI is InChI=1S/C19H21N3O2/c20-16-8-6-14(7-9-16)17(23)22-12-10-19(11-13-22,18(21)24)15-4-2-1-3-5-15/h1-9H,10-13,20H2,(H2,21,24). The third-order valence-electron chi connectivity index (χ3n) is 4.86. The largest absolute Gasteiger partial charge is 0.399 e. The molecular formula is C19H21N3O2. The van der Waals surface area contributed by atoms with Crippen LogP contribution in [0.5, 0.6) is 0 Å². The van der Waals surface area contributed by atoms with Gasteiger partial charge in [0.25, 0.3) is 5.91 Å². The molecule has 0 bridgehead atoms. The van der Waals surface area contributed by atoms with E-state index in [-0.39, 0.29) is 11.8 Å². The van der Waals surface area contributed by atoms with Crippen molar-refractivity contribution in [2.45, 2.75) is 18.3 Å². The minimum Gasteiger partial charge on any atom is -0.399 e. The van der Waals surface area contributed by atoms with Gasteiger partial charge in [0, 0.05) is 24.3 Å². The monoisotopic (exact) mass is 323 g/mol. The zero-order valence-corrected chi connectivity index (χ0v) is 13.4. The van der Waals surface area contributed by atoms with Gasteiger partial charge in [0.05, 0.1) is 5.41 Å². The van der Waals surface area contributed by atoms with Gasteiger partial charge in [-0.05, 0) is 42.7 Å². The maximum absolute atomic E-state index is 12.6. The number of anilines is 1. The molecule has 124 valence electrons. The highest BCUT2D eigenvalue weighted by Gasteiger charge is 2.42. The lowest BCUT2D eigenvalue weighted by Gasteiger charge is -2.40. The highest BCUT2D eigenvalue weighted by molar-refractivity contribution is 5.95. The van der Waals surface area contributed by atoms with Gasteiger partial charge in [-0.3, -0.25) is 9.59 Å². The molecule has 1 saturated heterocycles. The summed E-state index contributed by atoms with van der Waals surface area (Å²) in [5.74, 6) is -0.366. The van der Waals surface area contributed by atoms with Gasteiger partial charge in [-0.1, -0.05) is 30.3 Å². The fourth-order valence-corrected chi connectivity index (χ4v) is 3.33. The van der Waals surface area contributed by atoms with Gasteiger partial charge in [-0.25, -0.2) is 0 Å². The Morgan fingerprint density at radius 2 is 1.50 bits per heavy atom. The van der Waals surface area contributed by atoms with E-state index in [2.05, 4.69) is 0 Å². The third kappa shape index (κ3) is 2.85. The van der Waals surface area contributed by atoms with Crippen molar-refractivity contribution in [2.75, 3.05) is 18.8 Å². The second kappa shape index (κ2) is 6.35. The Labute approximate surface area is 141 Å². The van der Waals surface area contributed by atoms with Gasteiger partial charge >= 0.3 is 0 Å². The van der Waals surface area contributed by atoms with Crippen molar-refractivity contribution in [3.05, 3.63) is 65.7 Å². The Morgan fingerprint density at radius 1 is 0.917 bits per heavy atom. The van der Waals surface area contributed by atoms with E-state index in [0.717, 1.165) is 5.56 Å². The molecule has 0 atom stereocenters. The average molecular weight is 323 g/mol. The van der Waals surface area contributed by atoms with E-state index in [1.54, 1.807) is 29.2 Å². The summed E-state index contributed by atoms with van der Waals surface area (Å²) in [7, 11) is 0. The quantitative estimate of drug-likeness (QED) is 0.846. The fraction of sp³-hybridized carbons (Fsp3) is 0.263. The Balaban J connectivity index is 1.77. The smallest absolute Gasteiger partial charge is 0.253 e. The Kier molecular flexibility index (Phi) is 4.25. The number of hydrogen-bond donors (Lipinski definition) is 2. The Bertz CT molecular complexity index is 733. The maximum Gasteiger partial charge on any atom is 0.253 e. The number of amides is 2. The fourth-order valence-electron chi connectivity index (χ4n) is 3.33. The van der Waals surface area contributed by atoms with Crippen molar-refractivity contribution in [3.8, 4) is 0 Å². The normalized spacial score (nSPS) is 16.6. The molecule has 5 nitrogen and oxygen atoms in total. The van der Waals surface area contributed by atoms with E-state index < -0.39 is 5.41 Å². The summed E-state index contributed by atoms with van der Waals surface area (Å²) in [6.45, 7) is 1.00. The predicted octanol–water partition coefficient (Wildman–Crippen LogP) is 1.93. The number of hydrogen-bond acceptors (Lipinski definition) is 3. The first kappa shape index (κ1) is 16.1. The van der Waals surface area contributed by atoms with Crippen LogP contribution in [0.15, 0.2) is 54.6 Å². The van der Waals surface area contributed by atoms with E-state index in [4.69, 9.17) is 11.5 Å². The van der Waals surface area contributed by atoms with Crippen LogP contribution >= 0.6 is 0 Å². The molecule has 1 fully saturated rings. The van der Waals surface area contributed by atoms with Crippen LogP contribution in [0.4, 0.5) is 5.69 Å². The molecule has 2 aromatic carbocycles. The Morgan fingerprint density at radius 3 is 2.04 bits per heavy atom. The summed E-state index contributed by atoms with van der Waals surface area (Å²) in [6, 6.07) is 16.5. The number of primary amides is 1. The second-order valence-corrected chi connectivity index (χ2v) is 6.23. The molecule has 4 N–H and O–H groups in total. The zero-order valence-electron chi connectivity index (χ0n) is 13.4. The van der Waals surface area contributed by atoms with Gasteiger partial charge in [0.2, 0.25) is 5.91 Å². The number of nitrogens with zero attached hydrogens (tertiary/aromatic N) is 1. The summed E-state index contributed by atoms with van der Waals surface area (Å²) in [6.07, 6.45) is 1.07. The first-order valence-corrected chi connectivity index (χ1v) is 8.03. The molecule has 1 aliphatic rings. The molecule has 0 aromatic heterocycles. The van der Waals surface area contributed by atoms with E-state index in [0.29, 0.717) is 37.2 Å². The number of nitrogens with two attached hydrogens (primary N) is 2. The molecule has 0 radical (unpaired) electrons. The molecule has 24 heavy (non-hydrogen) atoms. The number of likely N-dealkylation sites (tertiary alicyclic amines) is 1. The van der Waals surface area contributed by atoms with Gasteiger partial charge in [-0.2, -0.15) is 0 Å². The molecule has 2 amide bonds. The molecule has 0 unspecified atom stereocenters. The van der Waals surface area contributed by atoms with Crippen LogP contribution in [0.25, 0.3) is 0 Å². The molecule has 1 aliphatic heterocycles. The SMILES string of the molecule is NC(=O)C1(c2ccccc2)CCN(C(=O)c2ccc(N)cc2)CC1. The lowest BCUT2D eigenvalue weighted by Crippen LogP contribution is -2.51. The molecule has 1 heterocycles. The third-order valence-corrected chi connectivity index (χ3v) is 4.86. The molecule has 2 aromatic rings. The lowest BCUT2D eigenvalue weighted by atomic mass is 9.72. The summed E-state index contributed by atoms with van der Waals surface area (Å²) in [4.78, 5) is 26.5. The molecular weight excluding hydrogens is 302 g/mol. The van der Waals surface area contributed by atoms with Crippen LogP contribution in [-0.2, 0) is 10.2 Å². The van der Waals surface area contributed by atoms with Crippen LogP contribution < -0.4 is 11.5 Å². The van der Waals surface area contributed by atoms with Crippen molar-refractivity contribution < 1.29 is 9.59 Å². The van der Waals surface area contributed by atoms with E-state index >= 15 is 0 Å². The first-order chi connectivity index (χ1) is 11.5. The lowest BCUT2D eigenvalue weighted by molar-refractivity contribution is -0.125. The molecule has 3 rings (SSSR count). The average Bonchev–Trinajstić information content (AvgIpc) is 2.62. The van der Waals surface area contributed by atoms with Crippen LogP contribution in [0.1, 0.15) is 28.8 Å². The topological polar surface area (TPSA) is 89.4 Å². The number of rotatable bonds is 3. The summed E-state index contributed by atoms with van der Waals surface area (Å²) in [5, 5.41) is 0. The highest BCUT2D eigenvalue weighted by atomic mass is 16.2. The molecule has 0 saturated carbocycles. The van der Waals surface area contributed by atoms with Crippen molar-refractivity contribution >= 4 is 17.5 Å². The van der Waals surface area contributed by atoms with Gasteiger partial charge in [0.1, 0.15) is 0 Å². The van der Waals surface area contributed by atoms with E-state index in [9.17, 15) is 9.59 Å². The van der Waals surface area contributed by atoms with Crippen molar-refractivity contribution in [3.63, 3.8) is 0 Å². The van der Waals surface area contributed by atoms with Crippen LogP contribution in [0.3, 0.4) is 0 Å². The summed E-state index contributed by atoms with van der Waals surface area (Å²) < 4.78 is 0. The van der Waals surface area contributed by atoms with Gasteiger partial charge in [-0.15, -0.1) is 0 Å². The van der Waals surface area contributed by atoms with Gasteiger partial charge in [0.15, 0.2) is 0 Å². The molecule has 5 heteroatoms. The summed E-state index contributed by atoms with van der Waals surface area (Å²) in [5.41, 5.74) is 12.9. The highest BCUT2D eigenvalue weighted by Crippen LogP contribution is 2.35. The molecule has 0 spiro atoms. The Hall–Kier alpha value is -2.82. The van der Waals surface area contributed by atoms with Crippen molar-refractivity contribution in [1.82, 2.24) is 4.90 Å². The number of benzene rings is 2. The summed E-state index contributed by atoms with van der Waals surface area (Å²) >= 11 is 0. The number of nitrogen functional groups attached to an aromatic ring is 1. The van der Waals surface area contributed by atoms with E-state index in [1.165, 1.54) is 0 Å². The zero-order chi connectivity index (χ0) is 17.2. The van der Waals surface area contributed by atoms with Crippen LogP contribution in [0.2, 0.25) is 0 Å². The van der Waals surface area contributed by atoms with Crippen molar-refractivity contribution in [2.24, 2.45) is 5.73 Å². The second-order valence-electron chi connectivity index (χ2n) is 6.23. The number of piperidine rings is 1. The minimum atomic E-state index is -0.695. The van der Waals surface area contributed by atoms with Crippen LogP contribution in [0, 0.1) is 0 Å². The number of carbonyl (C=O) groups excluding carboxylic acids is 2. The molecule has 0 aliphatic carbocycles. The number of carbonyl (C=O) groups is 2. The van der Waals surface area contributed by atoms with Gasteiger partial charge < -0.3 is 16.4 Å². The predicted molar refractivity (Wildman–Crippen MR) is 93.3 cm³/mol. The van der Waals surface area contributed by atoms with Crippen LogP contribution in [-0.4, -0.2) is 29.8 Å². The minimum absolute atomic E-state index is 0.0406. The maximum atomic E-state index is 12.6. The first-order valence-electron chi connectivity index (χ1n) is 8.03. The van der Waals surface area contributed by atoms with E-state index in [1.807, 2.05) is 30.3 Å². The van der Waals surface area contributed by atoms with Crippen molar-refractivity contribution in [1.29, 1.82) is 0 Å².